The van der Waals surface area contributed by atoms with Crippen molar-refractivity contribution in [2.24, 2.45) is 7.05 Å². The van der Waals surface area contributed by atoms with Gasteiger partial charge in [0, 0.05) is 25.0 Å². The fourth-order valence-corrected chi connectivity index (χ4v) is 2.91. The monoisotopic (exact) mass is 245 g/mol. The highest BCUT2D eigenvalue weighted by molar-refractivity contribution is 5.81. The molecule has 1 aromatic carbocycles. The van der Waals surface area contributed by atoms with E-state index in [2.05, 4.69) is 28.2 Å². The number of aliphatic hydroxyl groups is 1. The summed E-state index contributed by atoms with van der Waals surface area (Å²) in [5.74, 6) is 0. The highest BCUT2D eigenvalue weighted by Gasteiger charge is 2.25. The highest BCUT2D eigenvalue weighted by atomic mass is 16.3. The van der Waals surface area contributed by atoms with Gasteiger partial charge in [-0.25, -0.2) is 0 Å². The molecule has 1 saturated heterocycles. The van der Waals surface area contributed by atoms with Crippen LogP contribution in [-0.2, 0) is 13.6 Å². The molecule has 0 spiro atoms. The third-order valence-electron chi connectivity index (χ3n) is 3.90. The van der Waals surface area contributed by atoms with Crippen molar-refractivity contribution in [1.82, 2.24) is 14.7 Å². The summed E-state index contributed by atoms with van der Waals surface area (Å²) in [4.78, 5) is 2.34. The van der Waals surface area contributed by atoms with Crippen molar-refractivity contribution in [2.45, 2.75) is 25.4 Å². The van der Waals surface area contributed by atoms with Crippen LogP contribution in [0.4, 0.5) is 0 Å². The van der Waals surface area contributed by atoms with Gasteiger partial charge in [-0.05, 0) is 25.5 Å². The van der Waals surface area contributed by atoms with Crippen LogP contribution in [0.25, 0.3) is 10.9 Å². The normalized spacial score (nSPS) is 20.9. The quantitative estimate of drug-likeness (QED) is 0.891. The Morgan fingerprint density at radius 2 is 2.22 bits per heavy atom. The number of aliphatic hydroxyl groups excluding tert-OH is 1. The van der Waals surface area contributed by atoms with Crippen LogP contribution in [-0.4, -0.2) is 39.0 Å². The van der Waals surface area contributed by atoms with Crippen LogP contribution in [0, 0.1) is 0 Å². The van der Waals surface area contributed by atoms with Crippen molar-refractivity contribution in [3.05, 3.63) is 30.0 Å². The van der Waals surface area contributed by atoms with Gasteiger partial charge in [0.15, 0.2) is 0 Å². The Morgan fingerprint density at radius 3 is 3.06 bits per heavy atom. The zero-order valence-electron chi connectivity index (χ0n) is 10.7. The van der Waals surface area contributed by atoms with Gasteiger partial charge in [-0.2, -0.15) is 5.10 Å². The Balaban J connectivity index is 1.91. The Labute approximate surface area is 107 Å². The van der Waals surface area contributed by atoms with Gasteiger partial charge in [-0.15, -0.1) is 0 Å². The van der Waals surface area contributed by atoms with E-state index < -0.39 is 0 Å². The van der Waals surface area contributed by atoms with Crippen LogP contribution in [0.2, 0.25) is 0 Å². The first-order valence-corrected chi connectivity index (χ1v) is 6.55. The number of fused-ring (bicyclic) bond motifs is 1. The molecule has 1 fully saturated rings. The number of hydrogen-bond acceptors (Lipinski definition) is 3. The molecule has 1 aromatic heterocycles. The molecule has 0 amide bonds. The molecule has 1 N–H and O–H groups in total. The van der Waals surface area contributed by atoms with Gasteiger partial charge in [0.25, 0.3) is 0 Å². The van der Waals surface area contributed by atoms with Gasteiger partial charge in [0.2, 0.25) is 0 Å². The van der Waals surface area contributed by atoms with Crippen LogP contribution in [0.1, 0.15) is 18.5 Å². The standard InChI is InChI=1S/C14H19N3O/c1-16-14-7-3-2-6-12(14)13(15-16)9-17-8-4-5-11(17)10-18/h2-3,6-7,11,18H,4-5,8-10H2,1H3. The maximum absolute atomic E-state index is 9.37. The fraction of sp³-hybridized carbons (Fsp3) is 0.500. The van der Waals surface area contributed by atoms with E-state index in [0.717, 1.165) is 25.2 Å². The van der Waals surface area contributed by atoms with E-state index in [1.807, 2.05) is 17.8 Å². The lowest BCUT2D eigenvalue weighted by atomic mass is 10.2. The first-order chi connectivity index (χ1) is 8.79. The average Bonchev–Trinajstić information content (AvgIpc) is 2.96. The van der Waals surface area contributed by atoms with Gasteiger partial charge >= 0.3 is 0 Å². The lowest BCUT2D eigenvalue weighted by molar-refractivity contribution is 0.152. The second kappa shape index (κ2) is 4.71. The zero-order chi connectivity index (χ0) is 12.5. The van der Waals surface area contributed by atoms with Crippen molar-refractivity contribution < 1.29 is 5.11 Å². The largest absolute Gasteiger partial charge is 0.395 e. The number of nitrogens with zero attached hydrogens (tertiary/aromatic N) is 3. The van der Waals surface area contributed by atoms with E-state index in [9.17, 15) is 5.11 Å². The number of rotatable bonds is 3. The first-order valence-electron chi connectivity index (χ1n) is 6.55. The van der Waals surface area contributed by atoms with Crippen LogP contribution in [0.5, 0.6) is 0 Å². The maximum atomic E-state index is 9.37. The Kier molecular flexibility index (Phi) is 3.06. The van der Waals surface area contributed by atoms with Crippen LogP contribution >= 0.6 is 0 Å². The van der Waals surface area contributed by atoms with E-state index in [4.69, 9.17) is 0 Å². The molecule has 1 unspecified atom stereocenters. The topological polar surface area (TPSA) is 41.3 Å². The molecule has 0 radical (unpaired) electrons. The molecular formula is C14H19N3O. The lowest BCUT2D eigenvalue weighted by Gasteiger charge is -2.21. The Hall–Kier alpha value is -1.39. The predicted molar refractivity (Wildman–Crippen MR) is 71.2 cm³/mol. The van der Waals surface area contributed by atoms with Gasteiger partial charge in [-0.1, -0.05) is 18.2 Å². The number of aryl methyl sites for hydroxylation is 1. The minimum absolute atomic E-state index is 0.255. The number of para-hydroxylation sites is 1. The van der Waals surface area contributed by atoms with E-state index >= 15 is 0 Å². The molecule has 3 rings (SSSR count). The minimum Gasteiger partial charge on any atom is -0.395 e. The van der Waals surface area contributed by atoms with Crippen LogP contribution < -0.4 is 0 Å². The van der Waals surface area contributed by atoms with Gasteiger partial charge in [0.1, 0.15) is 0 Å². The first kappa shape index (κ1) is 11.7. The maximum Gasteiger partial charge on any atom is 0.0843 e. The molecule has 96 valence electrons. The molecule has 4 heteroatoms. The van der Waals surface area contributed by atoms with Gasteiger partial charge in [0.05, 0.1) is 17.8 Å². The molecule has 0 aliphatic carbocycles. The van der Waals surface area contributed by atoms with Gasteiger partial charge < -0.3 is 5.11 Å². The molecular weight excluding hydrogens is 226 g/mol. The summed E-state index contributed by atoms with van der Waals surface area (Å²) in [6.07, 6.45) is 2.28. The molecule has 2 heterocycles. The summed E-state index contributed by atoms with van der Waals surface area (Å²) in [6.45, 7) is 2.16. The Bertz CT molecular complexity index is 549. The van der Waals surface area contributed by atoms with E-state index in [-0.39, 0.29) is 6.61 Å². The van der Waals surface area contributed by atoms with Crippen molar-refractivity contribution >= 4 is 10.9 Å². The molecule has 2 aromatic rings. The third kappa shape index (κ3) is 1.91. The zero-order valence-corrected chi connectivity index (χ0v) is 10.7. The molecule has 1 atom stereocenters. The number of aromatic nitrogens is 2. The highest BCUT2D eigenvalue weighted by Crippen LogP contribution is 2.23. The summed E-state index contributed by atoms with van der Waals surface area (Å²) in [6, 6.07) is 8.63. The van der Waals surface area contributed by atoms with Crippen molar-refractivity contribution in [3.63, 3.8) is 0 Å². The second-order valence-electron chi connectivity index (χ2n) is 5.04. The third-order valence-corrected chi connectivity index (χ3v) is 3.90. The lowest BCUT2D eigenvalue weighted by Crippen LogP contribution is -2.31. The summed E-state index contributed by atoms with van der Waals surface area (Å²) in [5, 5.41) is 15.2. The van der Waals surface area contributed by atoms with Crippen molar-refractivity contribution in [1.29, 1.82) is 0 Å². The smallest absolute Gasteiger partial charge is 0.0843 e. The molecule has 18 heavy (non-hydrogen) atoms. The summed E-state index contributed by atoms with van der Waals surface area (Å²) in [7, 11) is 1.99. The van der Waals surface area contributed by atoms with Crippen molar-refractivity contribution in [2.75, 3.05) is 13.2 Å². The molecule has 4 nitrogen and oxygen atoms in total. The summed E-state index contributed by atoms with van der Waals surface area (Å²) in [5.41, 5.74) is 2.29. The van der Waals surface area contributed by atoms with Crippen LogP contribution in [0.3, 0.4) is 0 Å². The van der Waals surface area contributed by atoms with E-state index in [1.165, 1.54) is 17.3 Å². The molecule has 1 aliphatic heterocycles. The summed E-state index contributed by atoms with van der Waals surface area (Å²) >= 11 is 0. The average molecular weight is 245 g/mol. The van der Waals surface area contributed by atoms with E-state index in [1.54, 1.807) is 0 Å². The Morgan fingerprint density at radius 1 is 1.39 bits per heavy atom. The van der Waals surface area contributed by atoms with Crippen molar-refractivity contribution in [3.8, 4) is 0 Å². The minimum atomic E-state index is 0.255. The van der Waals surface area contributed by atoms with Gasteiger partial charge in [-0.3, -0.25) is 9.58 Å². The number of likely N-dealkylation sites (tertiary alicyclic amines) is 1. The fourth-order valence-electron chi connectivity index (χ4n) is 2.91. The molecule has 0 saturated carbocycles. The predicted octanol–water partition coefficient (Wildman–Crippen LogP) is 1.53. The number of hydrogen-bond donors (Lipinski definition) is 1. The SMILES string of the molecule is Cn1nc(CN2CCCC2CO)c2ccccc21. The van der Waals surface area contributed by atoms with E-state index in [0.29, 0.717) is 6.04 Å². The molecule has 1 aliphatic rings. The number of benzene rings is 1. The second-order valence-corrected chi connectivity index (χ2v) is 5.04. The summed E-state index contributed by atoms with van der Waals surface area (Å²) < 4.78 is 1.94. The van der Waals surface area contributed by atoms with Crippen LogP contribution in [0.15, 0.2) is 24.3 Å². The molecule has 0 bridgehead atoms.